The van der Waals surface area contributed by atoms with Crippen molar-refractivity contribution in [2.75, 3.05) is 11.1 Å². The molecule has 0 aliphatic carbocycles. The van der Waals surface area contributed by atoms with Gasteiger partial charge in [0.15, 0.2) is 11.6 Å². The van der Waals surface area contributed by atoms with Crippen molar-refractivity contribution in [1.29, 1.82) is 0 Å². The molecule has 0 radical (unpaired) electrons. The lowest BCUT2D eigenvalue weighted by molar-refractivity contribution is 0.443. The molecule has 0 saturated heterocycles. The maximum Gasteiger partial charge on any atom is 0.222 e. The predicted octanol–water partition coefficient (Wildman–Crippen LogP) is 5.33. The summed E-state index contributed by atoms with van der Waals surface area (Å²) in [6.07, 6.45) is 3.26. The molecule has 158 valence electrons. The number of pyridine rings is 1. The van der Waals surface area contributed by atoms with Crippen LogP contribution in [-0.4, -0.2) is 25.1 Å². The van der Waals surface area contributed by atoms with Crippen LogP contribution in [0.5, 0.6) is 11.5 Å². The number of aromatic amines is 1. The van der Waals surface area contributed by atoms with Crippen molar-refractivity contribution in [1.82, 2.24) is 25.1 Å². The molecule has 0 spiro atoms. The van der Waals surface area contributed by atoms with Crippen LogP contribution in [0.1, 0.15) is 0 Å². The Hall–Kier alpha value is -4.24. The number of aromatic nitrogens is 5. The smallest absolute Gasteiger partial charge is 0.222 e. The third kappa shape index (κ3) is 4.14. The van der Waals surface area contributed by atoms with Gasteiger partial charge in [0.1, 0.15) is 16.7 Å². The van der Waals surface area contributed by atoms with Gasteiger partial charge in [-0.05, 0) is 42.5 Å². The second kappa shape index (κ2) is 8.12. The number of hydrogen-bond acceptors (Lipinski definition) is 7. The van der Waals surface area contributed by atoms with E-state index in [1.807, 2.05) is 6.07 Å². The van der Waals surface area contributed by atoms with Crippen molar-refractivity contribution in [2.45, 2.75) is 0 Å². The van der Waals surface area contributed by atoms with Gasteiger partial charge in [-0.1, -0.05) is 11.6 Å². The van der Waals surface area contributed by atoms with E-state index in [-0.39, 0.29) is 11.7 Å². The average molecular weight is 448 g/mol. The van der Waals surface area contributed by atoms with Crippen LogP contribution in [-0.2, 0) is 0 Å². The molecule has 2 aromatic carbocycles. The van der Waals surface area contributed by atoms with Gasteiger partial charge in [-0.3, -0.25) is 5.10 Å². The first-order valence-electron chi connectivity index (χ1n) is 9.47. The van der Waals surface area contributed by atoms with Crippen LogP contribution in [0.2, 0.25) is 5.15 Å². The molecule has 0 bridgehead atoms. The Morgan fingerprint density at radius 3 is 2.72 bits per heavy atom. The molecular formula is C22H15ClFN7O. The minimum absolute atomic E-state index is 0.0648. The number of rotatable bonds is 5. The van der Waals surface area contributed by atoms with Crippen LogP contribution in [0.15, 0.2) is 67.0 Å². The highest BCUT2D eigenvalue weighted by molar-refractivity contribution is 6.29. The van der Waals surface area contributed by atoms with Crippen molar-refractivity contribution in [2.24, 2.45) is 0 Å². The third-order valence-electron chi connectivity index (χ3n) is 4.61. The van der Waals surface area contributed by atoms with Crippen LogP contribution < -0.4 is 15.8 Å². The summed E-state index contributed by atoms with van der Waals surface area (Å²) in [6.45, 7) is 0. The lowest BCUT2D eigenvalue weighted by Crippen LogP contribution is -2.02. The highest BCUT2D eigenvalue weighted by atomic mass is 35.5. The number of nitrogens with one attached hydrogen (secondary N) is 2. The van der Waals surface area contributed by atoms with Gasteiger partial charge in [0.25, 0.3) is 0 Å². The molecule has 3 heterocycles. The highest BCUT2D eigenvalue weighted by Gasteiger charge is 2.10. The number of halogens is 2. The normalized spacial score (nSPS) is 10.9. The first-order valence-corrected chi connectivity index (χ1v) is 9.85. The van der Waals surface area contributed by atoms with E-state index >= 15 is 0 Å². The Labute approximate surface area is 186 Å². The first kappa shape index (κ1) is 19.7. The van der Waals surface area contributed by atoms with Crippen LogP contribution in [0.4, 0.5) is 21.8 Å². The Morgan fingerprint density at radius 1 is 1.00 bits per heavy atom. The van der Waals surface area contributed by atoms with Crippen molar-refractivity contribution < 1.29 is 9.13 Å². The summed E-state index contributed by atoms with van der Waals surface area (Å²) in [4.78, 5) is 12.4. The van der Waals surface area contributed by atoms with E-state index in [0.29, 0.717) is 28.1 Å². The van der Waals surface area contributed by atoms with Gasteiger partial charge in [0.05, 0.1) is 17.4 Å². The molecule has 0 unspecified atom stereocenters. The minimum Gasteiger partial charge on any atom is -0.454 e. The third-order valence-corrected chi connectivity index (χ3v) is 4.83. The Morgan fingerprint density at radius 2 is 1.91 bits per heavy atom. The maximum absolute atomic E-state index is 14.7. The molecule has 8 nitrogen and oxygen atoms in total. The van der Waals surface area contributed by atoms with E-state index in [1.165, 1.54) is 12.1 Å². The molecule has 0 saturated carbocycles. The van der Waals surface area contributed by atoms with Gasteiger partial charge in [-0.2, -0.15) is 10.1 Å². The monoisotopic (exact) mass is 447 g/mol. The fourth-order valence-electron chi connectivity index (χ4n) is 3.13. The largest absolute Gasteiger partial charge is 0.454 e. The fourth-order valence-corrected chi connectivity index (χ4v) is 3.24. The number of nitrogens with zero attached hydrogens (tertiary/aromatic N) is 4. The van der Waals surface area contributed by atoms with Crippen molar-refractivity contribution in [3.63, 3.8) is 0 Å². The molecule has 5 rings (SSSR count). The summed E-state index contributed by atoms with van der Waals surface area (Å²) in [7, 11) is 0. The summed E-state index contributed by atoms with van der Waals surface area (Å²) in [5, 5.41) is 11.1. The molecular weight excluding hydrogens is 433 g/mol. The quantitative estimate of drug-likeness (QED) is 0.312. The highest BCUT2D eigenvalue weighted by Crippen LogP contribution is 2.30. The van der Waals surface area contributed by atoms with Gasteiger partial charge in [0.2, 0.25) is 5.95 Å². The van der Waals surface area contributed by atoms with Crippen molar-refractivity contribution in [3.8, 4) is 22.8 Å². The average Bonchev–Trinajstić information content (AvgIpc) is 3.24. The number of benzene rings is 2. The number of nitrogen functional groups attached to an aromatic ring is 1. The number of hydrogen-bond donors (Lipinski definition) is 3. The summed E-state index contributed by atoms with van der Waals surface area (Å²) < 4.78 is 20.4. The zero-order valence-electron chi connectivity index (χ0n) is 16.4. The number of anilines is 3. The minimum atomic E-state index is -0.536. The second-order valence-electron chi connectivity index (χ2n) is 6.86. The van der Waals surface area contributed by atoms with E-state index in [9.17, 15) is 4.39 Å². The van der Waals surface area contributed by atoms with E-state index < -0.39 is 5.82 Å². The zero-order chi connectivity index (χ0) is 22.1. The van der Waals surface area contributed by atoms with Gasteiger partial charge < -0.3 is 15.8 Å². The summed E-state index contributed by atoms with van der Waals surface area (Å²) in [5.41, 5.74) is 8.46. The van der Waals surface area contributed by atoms with E-state index in [2.05, 4.69) is 30.5 Å². The predicted molar refractivity (Wildman–Crippen MR) is 121 cm³/mol. The van der Waals surface area contributed by atoms with Gasteiger partial charge in [0, 0.05) is 35.0 Å². The van der Waals surface area contributed by atoms with Crippen LogP contribution >= 0.6 is 11.6 Å². The van der Waals surface area contributed by atoms with E-state index in [1.54, 1.807) is 48.8 Å². The molecule has 0 aliphatic rings. The standard InChI is InChI=1S/C22H15ClFN7O/c23-20-6-1-12(10-26-20)18-9-21(30-22(25)29-18)28-14-2-5-19(16(24)8-14)32-15-3-4-17-13(7-15)11-27-31-17/h1-11H,(H,27,31)(H3,25,28,29,30). The van der Waals surface area contributed by atoms with E-state index in [4.69, 9.17) is 22.1 Å². The Kier molecular flexibility index (Phi) is 5.00. The Bertz CT molecular complexity index is 1420. The summed E-state index contributed by atoms with van der Waals surface area (Å²) in [6, 6.07) is 15.0. The maximum atomic E-state index is 14.7. The molecule has 0 atom stereocenters. The van der Waals surface area contributed by atoms with Crippen molar-refractivity contribution in [3.05, 3.63) is 78.0 Å². The number of fused-ring (bicyclic) bond motifs is 1. The molecule has 10 heteroatoms. The van der Waals surface area contributed by atoms with Crippen LogP contribution in [0.3, 0.4) is 0 Å². The lowest BCUT2D eigenvalue weighted by atomic mass is 10.2. The molecule has 0 aliphatic heterocycles. The number of H-pyrrole nitrogens is 1. The number of nitrogens with two attached hydrogens (primary N) is 1. The molecule has 3 aromatic heterocycles. The van der Waals surface area contributed by atoms with Crippen molar-refractivity contribution >= 4 is 40.0 Å². The second-order valence-corrected chi connectivity index (χ2v) is 7.24. The zero-order valence-corrected chi connectivity index (χ0v) is 17.1. The first-order chi connectivity index (χ1) is 15.5. The number of ether oxygens (including phenoxy) is 1. The van der Waals surface area contributed by atoms with E-state index in [0.717, 1.165) is 16.5 Å². The molecule has 32 heavy (non-hydrogen) atoms. The van der Waals surface area contributed by atoms with Crippen LogP contribution in [0.25, 0.3) is 22.2 Å². The van der Waals surface area contributed by atoms with Gasteiger partial charge in [-0.25, -0.2) is 14.4 Å². The van der Waals surface area contributed by atoms with Gasteiger partial charge >= 0.3 is 0 Å². The van der Waals surface area contributed by atoms with Gasteiger partial charge in [-0.15, -0.1) is 0 Å². The van der Waals surface area contributed by atoms with Crippen LogP contribution in [0, 0.1) is 5.82 Å². The Balaban J connectivity index is 1.36. The molecule has 5 aromatic rings. The summed E-state index contributed by atoms with van der Waals surface area (Å²) in [5.74, 6) is 0.527. The fraction of sp³-hybridized carbons (Fsp3) is 0. The molecule has 4 N–H and O–H groups in total. The summed E-state index contributed by atoms with van der Waals surface area (Å²) >= 11 is 5.84. The topological polar surface area (TPSA) is 115 Å². The molecule has 0 fully saturated rings. The SMILES string of the molecule is Nc1nc(Nc2ccc(Oc3ccc4[nH]ncc4c3)c(F)c2)cc(-c2ccc(Cl)nc2)n1. The molecule has 0 amide bonds. The lowest BCUT2D eigenvalue weighted by Gasteiger charge is -2.11.